The zero-order chi connectivity index (χ0) is 13.0. The number of nitrogens with one attached hydrogen (secondary N) is 1. The molecule has 1 fully saturated rings. The van der Waals surface area contributed by atoms with E-state index in [9.17, 15) is 4.79 Å². The highest BCUT2D eigenvalue weighted by Gasteiger charge is 2.26. The minimum atomic E-state index is 0.0926. The van der Waals surface area contributed by atoms with Crippen molar-refractivity contribution in [2.45, 2.75) is 51.2 Å². The maximum Gasteiger partial charge on any atom is 0.220 e. The normalized spacial score (nSPS) is 25.0. The Balaban J connectivity index is 1.73. The molecule has 100 valence electrons. The fourth-order valence-electron chi connectivity index (χ4n) is 2.63. The van der Waals surface area contributed by atoms with E-state index >= 15 is 0 Å². The Morgan fingerprint density at radius 1 is 1.61 bits per heavy atom. The van der Waals surface area contributed by atoms with Gasteiger partial charge in [0.25, 0.3) is 0 Å². The summed E-state index contributed by atoms with van der Waals surface area (Å²) in [6, 6.07) is 2.18. The van der Waals surface area contributed by atoms with Gasteiger partial charge in [-0.15, -0.1) is 0 Å². The van der Waals surface area contributed by atoms with Crippen molar-refractivity contribution < 1.29 is 4.79 Å². The molecule has 0 saturated heterocycles. The van der Waals surface area contributed by atoms with Crippen LogP contribution in [-0.2, 0) is 11.3 Å². The van der Waals surface area contributed by atoms with Gasteiger partial charge in [-0.2, -0.15) is 5.10 Å². The molecule has 5 heteroatoms. The molecule has 0 bridgehead atoms. The number of amides is 1. The van der Waals surface area contributed by atoms with Crippen molar-refractivity contribution in [1.82, 2.24) is 15.1 Å². The van der Waals surface area contributed by atoms with E-state index in [1.807, 2.05) is 23.9 Å². The molecule has 0 spiro atoms. The molecule has 1 saturated carbocycles. The van der Waals surface area contributed by atoms with E-state index in [-0.39, 0.29) is 18.0 Å². The van der Waals surface area contributed by atoms with Crippen LogP contribution in [0.1, 0.15) is 32.6 Å². The van der Waals surface area contributed by atoms with Gasteiger partial charge in [-0.05, 0) is 31.7 Å². The lowest BCUT2D eigenvalue weighted by Gasteiger charge is -2.18. The third kappa shape index (κ3) is 3.57. The molecular formula is C13H22N4O. The summed E-state index contributed by atoms with van der Waals surface area (Å²) in [5, 5.41) is 7.13. The van der Waals surface area contributed by atoms with Crippen molar-refractivity contribution >= 4 is 5.91 Å². The molecule has 18 heavy (non-hydrogen) atoms. The van der Waals surface area contributed by atoms with Crippen LogP contribution in [0, 0.1) is 5.92 Å². The number of carbonyl (C=O) groups is 1. The topological polar surface area (TPSA) is 72.9 Å². The molecular weight excluding hydrogens is 228 g/mol. The van der Waals surface area contributed by atoms with Gasteiger partial charge in [0.1, 0.15) is 0 Å². The first-order valence-electron chi connectivity index (χ1n) is 6.67. The number of aromatic nitrogens is 2. The van der Waals surface area contributed by atoms with Gasteiger partial charge in [-0.25, -0.2) is 0 Å². The minimum absolute atomic E-state index is 0.0926. The fourth-order valence-corrected chi connectivity index (χ4v) is 2.63. The SMILES string of the molecule is CC(Cn1cccn1)NC(=O)C[C@@H]1CCC[C@H]1N. The molecule has 5 nitrogen and oxygen atoms in total. The third-order valence-corrected chi connectivity index (χ3v) is 3.59. The van der Waals surface area contributed by atoms with E-state index in [1.165, 1.54) is 0 Å². The van der Waals surface area contributed by atoms with Crippen molar-refractivity contribution in [1.29, 1.82) is 0 Å². The summed E-state index contributed by atoms with van der Waals surface area (Å²) in [7, 11) is 0. The average molecular weight is 250 g/mol. The largest absolute Gasteiger partial charge is 0.352 e. The Hall–Kier alpha value is -1.36. The Morgan fingerprint density at radius 2 is 2.44 bits per heavy atom. The maximum atomic E-state index is 11.9. The molecule has 0 aromatic carbocycles. The highest BCUT2D eigenvalue weighted by atomic mass is 16.1. The lowest BCUT2D eigenvalue weighted by molar-refractivity contribution is -0.122. The molecule has 1 amide bonds. The Morgan fingerprint density at radius 3 is 3.06 bits per heavy atom. The van der Waals surface area contributed by atoms with E-state index in [1.54, 1.807) is 6.20 Å². The molecule has 1 aliphatic rings. The second-order valence-corrected chi connectivity index (χ2v) is 5.26. The summed E-state index contributed by atoms with van der Waals surface area (Å²) in [6.45, 7) is 2.70. The van der Waals surface area contributed by atoms with E-state index in [0.29, 0.717) is 18.9 Å². The van der Waals surface area contributed by atoms with Gasteiger partial charge < -0.3 is 11.1 Å². The lowest BCUT2D eigenvalue weighted by atomic mass is 10.00. The second kappa shape index (κ2) is 6.00. The molecule has 3 atom stereocenters. The summed E-state index contributed by atoms with van der Waals surface area (Å²) in [6.07, 6.45) is 7.50. The molecule has 3 N–H and O–H groups in total. The zero-order valence-corrected chi connectivity index (χ0v) is 10.9. The Bertz CT molecular complexity index is 376. The molecule has 1 unspecified atom stereocenters. The van der Waals surface area contributed by atoms with Gasteiger partial charge in [-0.3, -0.25) is 9.48 Å². The number of nitrogens with two attached hydrogens (primary N) is 1. The minimum Gasteiger partial charge on any atom is -0.352 e. The number of carbonyl (C=O) groups excluding carboxylic acids is 1. The maximum absolute atomic E-state index is 11.9. The van der Waals surface area contributed by atoms with Gasteiger partial charge in [-0.1, -0.05) is 6.42 Å². The predicted molar refractivity (Wildman–Crippen MR) is 69.8 cm³/mol. The van der Waals surface area contributed by atoms with Crippen LogP contribution in [0.15, 0.2) is 18.5 Å². The van der Waals surface area contributed by atoms with E-state index < -0.39 is 0 Å². The lowest BCUT2D eigenvalue weighted by Crippen LogP contribution is -2.38. The van der Waals surface area contributed by atoms with E-state index in [4.69, 9.17) is 5.73 Å². The molecule has 0 aliphatic heterocycles. The molecule has 1 aliphatic carbocycles. The van der Waals surface area contributed by atoms with Crippen LogP contribution in [0.3, 0.4) is 0 Å². The average Bonchev–Trinajstić information content (AvgIpc) is 2.91. The standard InChI is InChI=1S/C13H22N4O/c1-10(9-17-7-3-6-15-17)16-13(18)8-11-4-2-5-12(11)14/h3,6-7,10-12H,2,4-5,8-9,14H2,1H3,(H,16,18)/t10?,11-,12+/m0/s1. The monoisotopic (exact) mass is 250 g/mol. The first kappa shape index (κ1) is 13.1. The van der Waals surface area contributed by atoms with Crippen LogP contribution in [0.25, 0.3) is 0 Å². The zero-order valence-electron chi connectivity index (χ0n) is 10.9. The molecule has 0 radical (unpaired) electrons. The first-order valence-corrected chi connectivity index (χ1v) is 6.67. The highest BCUT2D eigenvalue weighted by Crippen LogP contribution is 2.26. The summed E-state index contributed by atoms with van der Waals surface area (Å²) < 4.78 is 1.83. The van der Waals surface area contributed by atoms with Gasteiger partial charge in [0.05, 0.1) is 6.54 Å². The smallest absolute Gasteiger partial charge is 0.220 e. The van der Waals surface area contributed by atoms with Crippen molar-refractivity contribution in [3.63, 3.8) is 0 Å². The van der Waals surface area contributed by atoms with Crippen LogP contribution in [0.4, 0.5) is 0 Å². The first-order chi connectivity index (χ1) is 8.65. The predicted octanol–water partition coefficient (Wildman–Crippen LogP) is 0.905. The second-order valence-electron chi connectivity index (χ2n) is 5.26. The molecule has 1 heterocycles. The van der Waals surface area contributed by atoms with Crippen LogP contribution >= 0.6 is 0 Å². The van der Waals surface area contributed by atoms with E-state index in [0.717, 1.165) is 19.3 Å². The van der Waals surface area contributed by atoms with Crippen molar-refractivity contribution in [2.24, 2.45) is 11.7 Å². The van der Waals surface area contributed by atoms with Crippen molar-refractivity contribution in [3.05, 3.63) is 18.5 Å². The fraction of sp³-hybridized carbons (Fsp3) is 0.692. The van der Waals surface area contributed by atoms with Gasteiger partial charge in [0.2, 0.25) is 5.91 Å². The van der Waals surface area contributed by atoms with Gasteiger partial charge in [0, 0.05) is 30.9 Å². The Kier molecular flexibility index (Phi) is 4.36. The molecule has 2 rings (SSSR count). The summed E-state index contributed by atoms with van der Waals surface area (Å²) in [5.41, 5.74) is 5.97. The van der Waals surface area contributed by atoms with Gasteiger partial charge >= 0.3 is 0 Å². The summed E-state index contributed by atoms with van der Waals surface area (Å²) in [5.74, 6) is 0.471. The van der Waals surface area contributed by atoms with Crippen LogP contribution in [-0.4, -0.2) is 27.8 Å². The molecule has 1 aromatic rings. The number of hydrogen-bond donors (Lipinski definition) is 2. The third-order valence-electron chi connectivity index (χ3n) is 3.59. The van der Waals surface area contributed by atoms with Gasteiger partial charge in [0.15, 0.2) is 0 Å². The number of rotatable bonds is 5. The van der Waals surface area contributed by atoms with Crippen LogP contribution in [0.2, 0.25) is 0 Å². The van der Waals surface area contributed by atoms with Crippen LogP contribution < -0.4 is 11.1 Å². The Labute approximate surface area is 108 Å². The summed E-state index contributed by atoms with van der Waals surface area (Å²) in [4.78, 5) is 11.9. The van der Waals surface area contributed by atoms with Crippen LogP contribution in [0.5, 0.6) is 0 Å². The summed E-state index contributed by atoms with van der Waals surface area (Å²) >= 11 is 0. The van der Waals surface area contributed by atoms with E-state index in [2.05, 4.69) is 10.4 Å². The van der Waals surface area contributed by atoms with Crippen molar-refractivity contribution in [3.8, 4) is 0 Å². The number of hydrogen-bond acceptors (Lipinski definition) is 3. The highest BCUT2D eigenvalue weighted by molar-refractivity contribution is 5.76. The quantitative estimate of drug-likeness (QED) is 0.815. The molecule has 1 aromatic heterocycles. The number of nitrogens with zero attached hydrogens (tertiary/aromatic N) is 2. The van der Waals surface area contributed by atoms with Crippen molar-refractivity contribution in [2.75, 3.05) is 0 Å².